The number of rotatable bonds is 6. The molecule has 0 aliphatic heterocycles. The van der Waals surface area contributed by atoms with Gasteiger partial charge in [0.2, 0.25) is 0 Å². The molecule has 10 aromatic carbocycles. The monoisotopic (exact) mass is 768 g/mol. The fourth-order valence-electron chi connectivity index (χ4n) is 11.1. The Kier molecular flexibility index (Phi) is 7.36. The predicted octanol–water partition coefficient (Wildman–Crippen LogP) is 16.1. The number of para-hydroxylation sites is 2. The Labute approximate surface area is 351 Å². The van der Waals surface area contributed by atoms with Crippen LogP contribution < -0.4 is 9.80 Å². The lowest BCUT2D eigenvalue weighted by Gasteiger charge is -2.33. The highest BCUT2D eigenvalue weighted by Crippen LogP contribution is 2.57. The lowest BCUT2D eigenvalue weighted by atomic mass is 9.81. The Balaban J connectivity index is 1.12. The highest BCUT2D eigenvalue weighted by Gasteiger charge is 2.40. The van der Waals surface area contributed by atoms with Gasteiger partial charge in [-0.3, -0.25) is 0 Å². The lowest BCUT2D eigenvalue weighted by Crippen LogP contribution is -2.20. The van der Waals surface area contributed by atoms with Gasteiger partial charge in [0, 0.05) is 38.5 Å². The molecule has 0 N–H and O–H groups in total. The summed E-state index contributed by atoms with van der Waals surface area (Å²) in [6.45, 7) is 9.50. The van der Waals surface area contributed by atoms with Crippen LogP contribution in [0.3, 0.4) is 0 Å². The molecule has 0 saturated carbocycles. The summed E-state index contributed by atoms with van der Waals surface area (Å²) in [7, 11) is 0. The quantitative estimate of drug-likeness (QED) is 0.155. The van der Waals surface area contributed by atoms with E-state index in [1.54, 1.807) is 0 Å². The summed E-state index contributed by atoms with van der Waals surface area (Å²) in [6.07, 6.45) is 0. The minimum Gasteiger partial charge on any atom is -0.310 e. The third-order valence-corrected chi connectivity index (χ3v) is 13.8. The fourth-order valence-corrected chi connectivity index (χ4v) is 11.1. The number of nitrogens with zero attached hydrogens (tertiary/aromatic N) is 2. The summed E-state index contributed by atoms with van der Waals surface area (Å²) >= 11 is 0. The first-order chi connectivity index (χ1) is 29.3. The molecule has 0 fully saturated rings. The van der Waals surface area contributed by atoms with Crippen LogP contribution in [0.1, 0.15) is 49.9 Å². The topological polar surface area (TPSA) is 6.48 Å². The average molecular weight is 769 g/mol. The van der Waals surface area contributed by atoms with Gasteiger partial charge in [0.15, 0.2) is 0 Å². The second-order valence-corrected chi connectivity index (χ2v) is 17.7. The van der Waals surface area contributed by atoms with E-state index in [2.05, 4.69) is 232 Å². The molecule has 2 heteroatoms. The van der Waals surface area contributed by atoms with Gasteiger partial charge in [-0.1, -0.05) is 173 Å². The highest BCUT2D eigenvalue weighted by atomic mass is 15.2. The Bertz CT molecular complexity index is 3320. The Morgan fingerprint density at radius 2 is 0.767 bits per heavy atom. The molecular formula is C58H44N2. The molecule has 0 amide bonds. The summed E-state index contributed by atoms with van der Waals surface area (Å²) in [6, 6.07) is 72.3. The van der Waals surface area contributed by atoms with Crippen LogP contribution >= 0.6 is 0 Å². The number of hydrogen-bond acceptors (Lipinski definition) is 2. The molecule has 10 aromatic rings. The molecule has 0 atom stereocenters. The first-order valence-electron chi connectivity index (χ1n) is 21.2. The van der Waals surface area contributed by atoms with Crippen LogP contribution in [0.25, 0.3) is 54.6 Å². The Morgan fingerprint density at radius 1 is 0.317 bits per heavy atom. The first-order valence-corrected chi connectivity index (χ1v) is 21.2. The minimum atomic E-state index is -0.178. The van der Waals surface area contributed by atoms with E-state index < -0.39 is 0 Å². The van der Waals surface area contributed by atoms with Crippen molar-refractivity contribution in [1.82, 2.24) is 0 Å². The summed E-state index contributed by atoms with van der Waals surface area (Å²) < 4.78 is 0. The standard InChI is InChI=1S/C58H44N2/c1-57(2)47-25-14-12-22-43(47)55-48(57)26-16-27-51(55)59(39-17-7-5-8-18-39)49-35-31-37-30-34-45-50(36-32-38-29-33-44(49)53(37)54(38)45)60(40-19-9-6-10-20-40)52-28-15-23-42-41-21-11-13-24-46(41)58(3,4)56(42)52/h5-36H,1-4H3. The molecule has 0 heterocycles. The highest BCUT2D eigenvalue weighted by molar-refractivity contribution is 6.28. The van der Waals surface area contributed by atoms with Crippen molar-refractivity contribution in [2.24, 2.45) is 0 Å². The van der Waals surface area contributed by atoms with Crippen molar-refractivity contribution in [2.45, 2.75) is 38.5 Å². The molecule has 12 rings (SSSR count). The Morgan fingerprint density at radius 3 is 1.38 bits per heavy atom. The molecule has 0 aromatic heterocycles. The molecule has 60 heavy (non-hydrogen) atoms. The molecule has 286 valence electrons. The van der Waals surface area contributed by atoms with Crippen LogP contribution in [0, 0.1) is 0 Å². The van der Waals surface area contributed by atoms with Gasteiger partial charge in [0.25, 0.3) is 0 Å². The summed E-state index contributed by atoms with van der Waals surface area (Å²) in [5, 5.41) is 7.53. The van der Waals surface area contributed by atoms with E-state index in [9.17, 15) is 0 Å². The maximum Gasteiger partial charge on any atom is 0.0543 e. The van der Waals surface area contributed by atoms with Crippen LogP contribution in [-0.4, -0.2) is 0 Å². The van der Waals surface area contributed by atoms with Crippen molar-refractivity contribution in [3.63, 3.8) is 0 Å². The molecule has 0 spiro atoms. The van der Waals surface area contributed by atoms with Gasteiger partial charge in [-0.25, -0.2) is 0 Å². The van der Waals surface area contributed by atoms with Crippen LogP contribution in [0.5, 0.6) is 0 Å². The van der Waals surface area contributed by atoms with Crippen molar-refractivity contribution in [1.29, 1.82) is 0 Å². The molecule has 0 radical (unpaired) electrons. The molecule has 2 aliphatic carbocycles. The van der Waals surface area contributed by atoms with Gasteiger partial charge >= 0.3 is 0 Å². The minimum absolute atomic E-state index is 0.106. The van der Waals surface area contributed by atoms with Gasteiger partial charge < -0.3 is 9.80 Å². The van der Waals surface area contributed by atoms with Crippen molar-refractivity contribution in [3.05, 3.63) is 216 Å². The third-order valence-electron chi connectivity index (χ3n) is 13.8. The number of hydrogen-bond donors (Lipinski definition) is 0. The van der Waals surface area contributed by atoms with E-state index >= 15 is 0 Å². The summed E-state index contributed by atoms with van der Waals surface area (Å²) in [4.78, 5) is 5.02. The first kappa shape index (κ1) is 34.8. The largest absolute Gasteiger partial charge is 0.310 e. The van der Waals surface area contributed by atoms with Gasteiger partial charge in [-0.05, 0) is 109 Å². The smallest absolute Gasteiger partial charge is 0.0543 e. The van der Waals surface area contributed by atoms with Crippen LogP contribution in [0.2, 0.25) is 0 Å². The summed E-state index contributed by atoms with van der Waals surface area (Å²) in [5.74, 6) is 0. The maximum atomic E-state index is 2.52. The van der Waals surface area contributed by atoms with Crippen LogP contribution in [0.15, 0.2) is 194 Å². The zero-order valence-corrected chi connectivity index (χ0v) is 34.4. The average Bonchev–Trinajstić information content (AvgIpc) is 3.67. The van der Waals surface area contributed by atoms with Gasteiger partial charge in [0.1, 0.15) is 0 Å². The second kappa shape index (κ2) is 12.7. The number of anilines is 6. The van der Waals surface area contributed by atoms with E-state index in [4.69, 9.17) is 0 Å². The van der Waals surface area contributed by atoms with E-state index in [0.29, 0.717) is 0 Å². The SMILES string of the molecule is CC1(C)c2ccccc2-c2c(N(c3ccccc3)c3ccc4ccc5c(N(c6ccccc6)c6cccc7c6C(C)(C)c6ccccc6-7)ccc6ccc3c4c65)cccc21. The van der Waals surface area contributed by atoms with Crippen molar-refractivity contribution in [2.75, 3.05) is 9.80 Å². The predicted molar refractivity (Wildman–Crippen MR) is 255 cm³/mol. The lowest BCUT2D eigenvalue weighted by molar-refractivity contribution is 0.660. The molecule has 0 unspecified atom stereocenters. The van der Waals surface area contributed by atoms with Gasteiger partial charge in [0.05, 0.1) is 22.7 Å². The van der Waals surface area contributed by atoms with Gasteiger partial charge in [-0.2, -0.15) is 0 Å². The molecule has 2 nitrogen and oxygen atoms in total. The van der Waals surface area contributed by atoms with Crippen LogP contribution in [0.4, 0.5) is 34.1 Å². The van der Waals surface area contributed by atoms with E-state index in [0.717, 1.165) is 11.4 Å². The molecule has 0 saturated heterocycles. The zero-order valence-electron chi connectivity index (χ0n) is 34.4. The van der Waals surface area contributed by atoms with E-state index in [1.165, 1.54) is 99.6 Å². The van der Waals surface area contributed by atoms with Crippen molar-refractivity contribution >= 4 is 66.4 Å². The third kappa shape index (κ3) is 4.76. The molecule has 0 bridgehead atoms. The maximum absolute atomic E-state index is 2.52. The van der Waals surface area contributed by atoms with Gasteiger partial charge in [-0.15, -0.1) is 0 Å². The molecule has 2 aliphatic rings. The number of benzene rings is 10. The Hall–Kier alpha value is -7.16. The zero-order chi connectivity index (χ0) is 40.3. The molecular weight excluding hydrogens is 725 g/mol. The normalized spacial score (nSPS) is 14.3. The van der Waals surface area contributed by atoms with Crippen molar-refractivity contribution in [3.8, 4) is 22.3 Å². The number of fused-ring (bicyclic) bond motifs is 6. The summed E-state index contributed by atoms with van der Waals surface area (Å²) in [5.41, 5.74) is 17.5. The van der Waals surface area contributed by atoms with E-state index in [-0.39, 0.29) is 10.8 Å². The second-order valence-electron chi connectivity index (χ2n) is 17.7. The van der Waals surface area contributed by atoms with Crippen molar-refractivity contribution < 1.29 is 0 Å². The fraction of sp³-hybridized carbons (Fsp3) is 0.103. The van der Waals surface area contributed by atoms with E-state index in [1.807, 2.05) is 0 Å². The van der Waals surface area contributed by atoms with Crippen LogP contribution in [-0.2, 0) is 10.8 Å².